The van der Waals surface area contributed by atoms with Gasteiger partial charge < -0.3 is 15.2 Å². The maximum absolute atomic E-state index is 12.5. The molecular formula is C17H19F3N2O3S. The lowest BCUT2D eigenvalue weighted by Crippen LogP contribution is -2.32. The Labute approximate surface area is 152 Å². The van der Waals surface area contributed by atoms with Crippen LogP contribution in [0, 0.1) is 0 Å². The predicted molar refractivity (Wildman–Crippen MR) is 91.0 cm³/mol. The number of esters is 1. The first kappa shape index (κ1) is 20.3. The van der Waals surface area contributed by atoms with E-state index in [1.807, 2.05) is 6.92 Å². The van der Waals surface area contributed by atoms with Crippen LogP contribution in [-0.4, -0.2) is 35.8 Å². The molecule has 0 amide bonds. The average Bonchev–Trinajstić information content (AvgIpc) is 3.10. The average molecular weight is 388 g/mol. The van der Waals surface area contributed by atoms with Crippen LogP contribution in [0.3, 0.4) is 0 Å². The van der Waals surface area contributed by atoms with Crippen LogP contribution in [0.15, 0.2) is 29.6 Å². The molecule has 5 nitrogen and oxygen atoms in total. The molecule has 9 heteroatoms. The number of hydrogen-bond donors (Lipinski definition) is 2. The third-order valence-electron chi connectivity index (χ3n) is 3.68. The lowest BCUT2D eigenvalue weighted by Gasteiger charge is -2.16. The number of alkyl halides is 3. The number of ether oxygens (including phenoxy) is 1. The van der Waals surface area contributed by atoms with Gasteiger partial charge in [-0.2, -0.15) is 13.2 Å². The molecule has 0 radical (unpaired) electrons. The van der Waals surface area contributed by atoms with Crippen molar-refractivity contribution >= 4 is 17.3 Å². The lowest BCUT2D eigenvalue weighted by molar-refractivity contribution is -0.137. The highest BCUT2D eigenvalue weighted by Crippen LogP contribution is 2.32. The number of nitrogens with one attached hydrogen (secondary N) is 1. The van der Waals surface area contributed by atoms with E-state index in [2.05, 4.69) is 15.0 Å². The van der Waals surface area contributed by atoms with Gasteiger partial charge in [-0.3, -0.25) is 0 Å². The van der Waals surface area contributed by atoms with Crippen molar-refractivity contribution in [2.45, 2.75) is 31.7 Å². The first-order valence-corrected chi connectivity index (χ1v) is 8.70. The number of benzene rings is 1. The van der Waals surface area contributed by atoms with Gasteiger partial charge in [0.25, 0.3) is 0 Å². The van der Waals surface area contributed by atoms with Gasteiger partial charge >= 0.3 is 12.1 Å². The molecule has 0 saturated carbocycles. The maximum atomic E-state index is 12.5. The van der Waals surface area contributed by atoms with Crippen molar-refractivity contribution in [2.75, 3.05) is 13.7 Å². The van der Waals surface area contributed by atoms with Gasteiger partial charge in [0, 0.05) is 18.0 Å². The maximum Gasteiger partial charge on any atom is 0.443 e. The van der Waals surface area contributed by atoms with E-state index in [1.165, 1.54) is 12.5 Å². The predicted octanol–water partition coefficient (Wildman–Crippen LogP) is 3.20. The number of carbonyl (C=O) groups is 1. The molecule has 2 N–H and O–H groups in total. The highest BCUT2D eigenvalue weighted by Gasteiger charge is 2.35. The van der Waals surface area contributed by atoms with E-state index in [-0.39, 0.29) is 18.3 Å². The van der Waals surface area contributed by atoms with Crippen LogP contribution in [-0.2, 0) is 17.3 Å². The Morgan fingerprint density at radius 2 is 2.00 bits per heavy atom. The highest BCUT2D eigenvalue weighted by molar-refractivity contribution is 7.09. The zero-order valence-electron chi connectivity index (χ0n) is 14.2. The number of aliphatic hydroxyl groups excluding tert-OH is 1. The standard InChI is InChI=1S/C17H19F3N2O3S/c1-10(7-11-3-5-12(6-4-11)15(24)25-2)21-8-14(23)13-9-26-16(22-13)17(18,19)20/h3-6,9-10,14,21,23H,7-8H2,1-2H3. The number of methoxy groups -OCH3 is 1. The Kier molecular flexibility index (Phi) is 6.74. The number of nitrogens with zero attached hydrogens (tertiary/aromatic N) is 1. The molecular weight excluding hydrogens is 369 g/mol. The van der Waals surface area contributed by atoms with Gasteiger partial charge in [-0.1, -0.05) is 12.1 Å². The number of aliphatic hydroxyl groups is 1. The smallest absolute Gasteiger partial charge is 0.443 e. The Bertz CT molecular complexity index is 732. The van der Waals surface area contributed by atoms with Gasteiger partial charge in [-0.25, -0.2) is 9.78 Å². The van der Waals surface area contributed by atoms with Crippen LogP contribution in [0.25, 0.3) is 0 Å². The van der Waals surface area contributed by atoms with E-state index in [0.717, 1.165) is 5.56 Å². The fourth-order valence-corrected chi connectivity index (χ4v) is 3.04. The normalized spacial score (nSPS) is 14.1. The molecule has 0 fully saturated rings. The van der Waals surface area contributed by atoms with Crippen LogP contribution >= 0.6 is 11.3 Å². The number of halogens is 3. The van der Waals surface area contributed by atoms with Crippen LogP contribution < -0.4 is 5.32 Å². The van der Waals surface area contributed by atoms with Crippen LogP contribution in [0.4, 0.5) is 13.2 Å². The van der Waals surface area contributed by atoms with Gasteiger partial charge in [0.15, 0.2) is 5.01 Å². The van der Waals surface area contributed by atoms with Crippen molar-refractivity contribution in [3.8, 4) is 0 Å². The van der Waals surface area contributed by atoms with E-state index < -0.39 is 23.3 Å². The Morgan fingerprint density at radius 3 is 2.54 bits per heavy atom. The van der Waals surface area contributed by atoms with E-state index in [1.54, 1.807) is 24.3 Å². The molecule has 0 aliphatic heterocycles. The second-order valence-corrected chi connectivity index (χ2v) is 6.65. The topological polar surface area (TPSA) is 71.5 Å². The minimum Gasteiger partial charge on any atom is -0.465 e. The van der Waals surface area contributed by atoms with Gasteiger partial charge in [0.2, 0.25) is 0 Å². The summed E-state index contributed by atoms with van der Waals surface area (Å²) in [5.41, 5.74) is 1.43. The summed E-state index contributed by atoms with van der Waals surface area (Å²) in [6.07, 6.45) is -5.00. The van der Waals surface area contributed by atoms with Crippen molar-refractivity contribution < 1.29 is 27.8 Å². The Balaban J connectivity index is 1.85. The molecule has 0 spiro atoms. The van der Waals surface area contributed by atoms with E-state index >= 15 is 0 Å². The van der Waals surface area contributed by atoms with Crippen molar-refractivity contribution in [2.24, 2.45) is 0 Å². The summed E-state index contributed by atoms with van der Waals surface area (Å²) in [7, 11) is 1.31. The minimum atomic E-state index is -4.50. The molecule has 142 valence electrons. The second-order valence-electron chi connectivity index (χ2n) is 5.79. The minimum absolute atomic E-state index is 0.00413. The number of thiazole rings is 1. The SMILES string of the molecule is COC(=O)c1ccc(CC(C)NCC(O)c2csc(C(F)(F)F)n2)cc1. The van der Waals surface area contributed by atoms with E-state index in [0.29, 0.717) is 23.3 Å². The summed E-state index contributed by atoms with van der Waals surface area (Å²) in [4.78, 5) is 14.8. The molecule has 2 rings (SSSR count). The molecule has 2 aromatic rings. The third kappa shape index (κ3) is 5.52. The summed E-state index contributed by atoms with van der Waals surface area (Å²) >= 11 is 0.466. The first-order chi connectivity index (χ1) is 12.2. The van der Waals surface area contributed by atoms with Gasteiger partial charge in [-0.05, 0) is 31.0 Å². The summed E-state index contributed by atoms with van der Waals surface area (Å²) in [5, 5.41) is 13.3. The largest absolute Gasteiger partial charge is 0.465 e. The number of aromatic nitrogens is 1. The first-order valence-electron chi connectivity index (χ1n) is 7.82. The molecule has 2 atom stereocenters. The molecule has 2 unspecified atom stereocenters. The summed E-state index contributed by atoms with van der Waals surface area (Å²) in [6, 6.07) is 6.90. The van der Waals surface area contributed by atoms with Crippen LogP contribution in [0.2, 0.25) is 0 Å². The zero-order valence-corrected chi connectivity index (χ0v) is 15.0. The number of rotatable bonds is 7. The summed E-state index contributed by atoms with van der Waals surface area (Å²) in [6.45, 7) is 1.98. The zero-order chi connectivity index (χ0) is 19.3. The van der Waals surface area contributed by atoms with Crippen molar-refractivity contribution in [3.63, 3.8) is 0 Å². The highest BCUT2D eigenvalue weighted by atomic mass is 32.1. The van der Waals surface area contributed by atoms with Crippen molar-refractivity contribution in [1.82, 2.24) is 10.3 Å². The molecule has 0 aliphatic rings. The fourth-order valence-electron chi connectivity index (χ4n) is 2.31. The Hall–Kier alpha value is -1.97. The van der Waals surface area contributed by atoms with E-state index in [4.69, 9.17) is 0 Å². The monoisotopic (exact) mass is 388 g/mol. The summed E-state index contributed by atoms with van der Waals surface area (Å²) < 4.78 is 42.3. The lowest BCUT2D eigenvalue weighted by atomic mass is 10.0. The van der Waals surface area contributed by atoms with Crippen LogP contribution in [0.5, 0.6) is 0 Å². The molecule has 0 saturated heterocycles. The molecule has 0 aliphatic carbocycles. The quantitative estimate of drug-likeness (QED) is 0.713. The van der Waals surface area contributed by atoms with Crippen LogP contribution in [0.1, 0.15) is 39.7 Å². The van der Waals surface area contributed by atoms with Crippen molar-refractivity contribution in [3.05, 3.63) is 51.5 Å². The summed E-state index contributed by atoms with van der Waals surface area (Å²) in [5.74, 6) is -0.410. The molecule has 1 aromatic heterocycles. The molecule has 1 heterocycles. The molecule has 0 bridgehead atoms. The van der Waals surface area contributed by atoms with Gasteiger partial charge in [-0.15, -0.1) is 11.3 Å². The number of hydrogen-bond acceptors (Lipinski definition) is 6. The number of carbonyl (C=O) groups excluding carboxylic acids is 1. The van der Waals surface area contributed by atoms with Crippen molar-refractivity contribution in [1.29, 1.82) is 0 Å². The Morgan fingerprint density at radius 1 is 1.35 bits per heavy atom. The molecule has 26 heavy (non-hydrogen) atoms. The molecule has 1 aromatic carbocycles. The van der Waals surface area contributed by atoms with E-state index in [9.17, 15) is 23.1 Å². The van der Waals surface area contributed by atoms with Gasteiger partial charge in [0.1, 0.15) is 6.10 Å². The second kappa shape index (κ2) is 8.61. The fraction of sp³-hybridized carbons (Fsp3) is 0.412. The third-order valence-corrected chi connectivity index (χ3v) is 4.59. The van der Waals surface area contributed by atoms with Gasteiger partial charge in [0.05, 0.1) is 18.4 Å².